The molecule has 2 bridgehead atoms. The van der Waals surface area contributed by atoms with Crippen LogP contribution in [0.5, 0.6) is 0 Å². The quantitative estimate of drug-likeness (QED) is 0.0112. The molecule has 6 aliphatic heterocycles. The van der Waals surface area contributed by atoms with Crippen molar-refractivity contribution >= 4 is 59.3 Å². The smallest absolute Gasteiger partial charge is 0.726 e. The number of carboxylic acids is 2. The number of aliphatic hydroxyl groups is 2. The molecule has 7 fully saturated rings. The van der Waals surface area contributed by atoms with Gasteiger partial charge in [0, 0.05) is 62.8 Å². The average Bonchev–Trinajstić information content (AvgIpc) is 0.743. The van der Waals surface area contributed by atoms with Gasteiger partial charge >= 0.3 is 177 Å². The van der Waals surface area contributed by atoms with E-state index in [0.29, 0.717) is 0 Å². The minimum absolute atomic E-state index is 0. The number of fused-ring (bicyclic) bond motifs is 3. The molecule has 2 N–H and O–H groups in total. The maximum Gasteiger partial charge on any atom is 1.00 e. The molecule has 1 saturated carbocycles. The van der Waals surface area contributed by atoms with Crippen molar-refractivity contribution in [2.45, 2.75) is 166 Å². The zero-order valence-electron chi connectivity index (χ0n) is 52.2. The third-order valence-electron chi connectivity index (χ3n) is 15.0. The monoisotopic (exact) mass is 1460 g/mol. The molecule has 0 aromatic carbocycles. The van der Waals surface area contributed by atoms with Gasteiger partial charge in [0.05, 0.1) is 50.6 Å². The van der Waals surface area contributed by atoms with Gasteiger partial charge in [-0.05, 0) is 12.8 Å². The molecule has 0 aromatic rings. The third kappa shape index (κ3) is 22.8. The fourth-order valence-electron chi connectivity index (χ4n) is 11.2. The fourth-order valence-corrected chi connectivity index (χ4v) is 12.6. The van der Waals surface area contributed by atoms with Crippen LogP contribution in [0.15, 0.2) is 0 Å². The number of hydrogen-bond acceptors (Lipinski definition) is 42. The van der Waals surface area contributed by atoms with Gasteiger partial charge in [-0.3, -0.25) is 31.8 Å². The van der Waals surface area contributed by atoms with Crippen LogP contribution in [-0.4, -0.2) is 265 Å². The number of rotatable bonds is 36. The Morgan fingerprint density at radius 3 is 1.45 bits per heavy atom. The molecule has 10 unspecified atom stereocenters. The van der Waals surface area contributed by atoms with E-state index in [1.807, 2.05) is 0 Å². The van der Waals surface area contributed by atoms with Gasteiger partial charge in [-0.2, -0.15) is 0 Å². The molecule has 0 amide bonds. The Labute approximate surface area is 667 Å². The maximum absolute atomic E-state index is 13.7. The summed E-state index contributed by atoms with van der Waals surface area (Å²) in [6.45, 7) is -2.09. The van der Waals surface area contributed by atoms with Crippen molar-refractivity contribution in [3.63, 3.8) is 0 Å². The molecular weight excluding hydrogens is 1390 g/mol. The van der Waals surface area contributed by atoms with Crippen LogP contribution in [0.4, 0.5) is 0 Å². The van der Waals surface area contributed by atoms with Gasteiger partial charge in [-0.25, -0.2) is 8.42 Å². The van der Waals surface area contributed by atoms with Gasteiger partial charge in [-0.15, -0.1) is 13.0 Å². The van der Waals surface area contributed by atoms with Crippen LogP contribution in [0.25, 0.3) is 0 Å². The Morgan fingerprint density at radius 1 is 0.527 bits per heavy atom. The molecule has 6 saturated heterocycles. The predicted molar refractivity (Wildman–Crippen MR) is 250 cm³/mol. The molecule has 25 atom stereocenters. The van der Waals surface area contributed by atoms with E-state index >= 15 is 0 Å². The van der Waals surface area contributed by atoms with Crippen LogP contribution in [0.2, 0.25) is 0 Å². The molecule has 0 radical (unpaired) electrons. The second-order valence-corrected chi connectivity index (χ2v) is 21.3. The van der Waals surface area contributed by atoms with Crippen molar-refractivity contribution in [2.24, 2.45) is 5.92 Å². The summed E-state index contributed by atoms with van der Waals surface area (Å²) in [4.78, 5) is 27.2. The van der Waals surface area contributed by atoms with Crippen molar-refractivity contribution in [3.8, 4) is 0 Å². The number of aliphatic carboxylic acids is 2. The summed E-state index contributed by atoms with van der Waals surface area (Å²) in [5, 5.41) is 91.8. The molecular formula is C42H64Na6O39S4. The van der Waals surface area contributed by atoms with Crippen LogP contribution in [0.3, 0.4) is 0 Å². The first kappa shape index (κ1) is 95.6. The van der Waals surface area contributed by atoms with Crippen molar-refractivity contribution in [1.29, 1.82) is 0 Å². The van der Waals surface area contributed by atoms with E-state index in [9.17, 15) is 58.8 Å². The molecule has 496 valence electrons. The largest absolute Gasteiger partial charge is 1.00 e. The van der Waals surface area contributed by atoms with E-state index in [-0.39, 0.29) is 221 Å². The van der Waals surface area contributed by atoms with Gasteiger partial charge in [0.2, 0.25) is 10.4 Å². The molecule has 1 aliphatic carbocycles. The van der Waals surface area contributed by atoms with Crippen molar-refractivity contribution < 1.29 is 361 Å². The molecule has 0 spiro atoms. The summed E-state index contributed by atoms with van der Waals surface area (Å²) in [6.07, 6.45) is -35.3. The van der Waals surface area contributed by atoms with E-state index < -0.39 is 207 Å². The van der Waals surface area contributed by atoms with E-state index in [1.54, 1.807) is 0 Å². The number of methoxy groups -OCH3 is 8. The van der Waals surface area contributed by atoms with E-state index in [0.717, 1.165) is 21.3 Å². The zero-order chi connectivity index (χ0) is 62.4. The molecule has 7 aliphatic rings. The molecule has 7 rings (SSSR count). The maximum atomic E-state index is 13.7. The number of aliphatic hydroxyl groups excluding tert-OH is 2. The minimum Gasteiger partial charge on any atom is -0.726 e. The minimum atomic E-state index is -5.23. The fraction of sp³-hybridized carbons (Fsp3) is 0.952. The van der Waals surface area contributed by atoms with Gasteiger partial charge in [0.1, 0.15) is 91.1 Å². The van der Waals surface area contributed by atoms with Gasteiger partial charge in [0.15, 0.2) is 79.9 Å². The number of carbonyl (C=O) groups excluding carboxylic acids is 2. The Kier molecular flexibility index (Phi) is 48.8. The van der Waals surface area contributed by atoms with Gasteiger partial charge in [0.25, 0.3) is 0 Å². The van der Waals surface area contributed by atoms with E-state index in [1.165, 1.54) is 42.5 Å². The molecule has 6 heterocycles. The van der Waals surface area contributed by atoms with Crippen LogP contribution in [0, 0.1) is 5.92 Å². The summed E-state index contributed by atoms with van der Waals surface area (Å²) >= 11 is -0.320. The molecule has 0 aromatic heterocycles. The van der Waals surface area contributed by atoms with Crippen LogP contribution >= 0.6 is 37.0 Å². The zero-order valence-corrected chi connectivity index (χ0v) is 67.4. The summed E-state index contributed by atoms with van der Waals surface area (Å²) in [7, 11) is 4.43. The number of carboxylic acid groups (broad SMARTS) is 2. The van der Waals surface area contributed by atoms with Crippen molar-refractivity contribution in [3.05, 3.63) is 0 Å². The second kappa shape index (κ2) is 46.4. The SMILES string of the molecule is CCC1(C(=O)[O-])O[C@@H](O[C@@H]2C(CO)O[C@@H](O[C@H]3C(OC)[C@H]4OCC3(C(=O)[O-])O[C@H]4O[C@@H]3C(CO)O[C@H](OC)C(OSOO[O-])[C@H]3OC)C(OSOO[O-])[C@H]2OSOO[O-])C(OC)[C@@H](OC)[C@@H]1O[C@@H]1CC(COS(=O)(=O)[O-])[C@@H](OC)[C@H](OC)C1OC.[Na+].[Na+].[Na+].[Na+].[Na+].[Na+]. The first-order valence-corrected chi connectivity index (χ1v) is 28.4. The van der Waals surface area contributed by atoms with Crippen molar-refractivity contribution in [1.82, 2.24) is 0 Å². The molecule has 49 heteroatoms. The van der Waals surface area contributed by atoms with Gasteiger partial charge in [-0.1, -0.05) is 6.92 Å². The third-order valence-corrected chi connectivity index (χ3v) is 16.6. The summed E-state index contributed by atoms with van der Waals surface area (Å²) in [6, 6.07) is 0. The second-order valence-electron chi connectivity index (χ2n) is 18.9. The first-order valence-electron chi connectivity index (χ1n) is 25.0. The Morgan fingerprint density at radius 2 is 1.00 bits per heavy atom. The number of carbonyl (C=O) groups is 2. The predicted octanol–water partition coefficient (Wildman–Crippen LogP) is -26.4. The van der Waals surface area contributed by atoms with Crippen LogP contribution in [-0.2, 0) is 145 Å². The summed E-state index contributed by atoms with van der Waals surface area (Å²) in [5.41, 5.74) is -5.40. The Bertz CT molecular complexity index is 2170. The first-order chi connectivity index (χ1) is 40.8. The average molecular weight is 1460 g/mol. The normalized spacial score (nSPS) is 38.7. The van der Waals surface area contributed by atoms with Gasteiger partial charge < -0.3 is 131 Å². The molecule has 91 heavy (non-hydrogen) atoms. The van der Waals surface area contributed by atoms with E-state index in [4.69, 9.17) is 93.1 Å². The summed E-state index contributed by atoms with van der Waals surface area (Å²) in [5.74, 6) is -4.90. The Hall–Kier alpha value is 4.62. The van der Waals surface area contributed by atoms with Crippen LogP contribution < -0.4 is 203 Å². The number of hydrogen-bond donors (Lipinski definition) is 2. The number of ether oxygens (including phenoxy) is 17. The standard InChI is InChI=1S/C42H70O39S4.6Na/c1-10-41(39(45)46)33(65-17-11-16(14-64-85(52,53)54)20(55-2)24(57-4)21(17)56-3)27(59-6)29(61-8)37(71-41)69-23-19(13-44)67-36(32(75-84-81-78-51)26(23)73-82-79-76-49)70-34-28(60-7)30-38(72-42(34,15-63-30)40(47)48)68-22-18(12-43)66-35(62-9)31(25(22)58-5)74-83-80-77-50;;;;;;/h16-38,43-44,49-51H,10-15H2,1-9H3,(H,45,46)(H,47,48)(H,52,53,54);;;;;;/q;6*+1/p-6/t16?,17-,18?,19?,20-,21?,22-,23-,24+,25+,26+,27-,28?,29?,30-,31?,32?,33+,34+,35+,36+,37-,38-,41?,42?;;;;;;/m1....../s1. The molecule has 39 nitrogen and oxygen atoms in total. The summed E-state index contributed by atoms with van der Waals surface area (Å²) < 4.78 is 171. The van der Waals surface area contributed by atoms with Crippen LogP contribution in [0.1, 0.15) is 19.8 Å². The Balaban J connectivity index is 0.0000135. The van der Waals surface area contributed by atoms with Crippen molar-refractivity contribution in [2.75, 3.05) is 83.3 Å². The topological polar surface area (TPSA) is 496 Å². The van der Waals surface area contributed by atoms with E-state index in [2.05, 4.69) is 32.3 Å².